The van der Waals surface area contributed by atoms with Crippen molar-refractivity contribution in [3.63, 3.8) is 0 Å². The monoisotopic (exact) mass is 567 g/mol. The number of aliphatic carboxylic acids is 1. The second kappa shape index (κ2) is 10.5. The topological polar surface area (TPSA) is 89.9 Å². The van der Waals surface area contributed by atoms with Crippen molar-refractivity contribution in [3.05, 3.63) is 76.9 Å². The molecule has 6 rings (SSSR count). The number of anilines is 1. The fourth-order valence-electron chi connectivity index (χ4n) is 6.35. The van der Waals surface area contributed by atoms with Gasteiger partial charge in [-0.1, -0.05) is 6.07 Å². The molecule has 216 valence electrons. The number of piperidine rings is 1. The number of aryl methyl sites for hydroxylation is 1. The Morgan fingerprint density at radius 1 is 1.07 bits per heavy atom. The number of carboxylic acid groups (broad SMARTS) is 1. The average Bonchev–Trinajstić information content (AvgIpc) is 3.74. The van der Waals surface area contributed by atoms with Gasteiger partial charge in [0.2, 0.25) is 0 Å². The summed E-state index contributed by atoms with van der Waals surface area (Å²) >= 11 is 0. The number of halogens is 3. The molecule has 2 aliphatic carbocycles. The first-order valence-electron chi connectivity index (χ1n) is 14.1. The van der Waals surface area contributed by atoms with Crippen molar-refractivity contribution in [1.29, 1.82) is 0 Å². The largest absolute Gasteiger partial charge is 0.478 e. The minimum absolute atomic E-state index is 0.0236. The Morgan fingerprint density at radius 2 is 1.83 bits per heavy atom. The molecule has 0 bridgehead atoms. The van der Waals surface area contributed by atoms with Crippen molar-refractivity contribution in [3.8, 4) is 0 Å². The molecule has 2 unspecified atom stereocenters. The van der Waals surface area contributed by atoms with E-state index in [0.717, 1.165) is 67.0 Å². The van der Waals surface area contributed by atoms with Crippen LogP contribution in [0.25, 0.3) is 0 Å². The molecule has 1 amide bonds. The van der Waals surface area contributed by atoms with Gasteiger partial charge in [0, 0.05) is 50.1 Å². The van der Waals surface area contributed by atoms with Crippen LogP contribution in [0, 0.1) is 0 Å². The van der Waals surface area contributed by atoms with Gasteiger partial charge in [0.1, 0.15) is 11.6 Å². The number of hydrogen-bond acceptors (Lipinski definition) is 6. The van der Waals surface area contributed by atoms with Crippen LogP contribution in [-0.2, 0) is 11.2 Å². The van der Waals surface area contributed by atoms with Crippen LogP contribution in [0.4, 0.5) is 19.0 Å². The van der Waals surface area contributed by atoms with Crippen molar-refractivity contribution in [2.75, 3.05) is 25.0 Å². The summed E-state index contributed by atoms with van der Waals surface area (Å²) in [6, 6.07) is 4.25. The summed E-state index contributed by atoms with van der Waals surface area (Å²) in [6.45, 7) is 1.52. The van der Waals surface area contributed by atoms with Gasteiger partial charge in [-0.05, 0) is 80.0 Å². The van der Waals surface area contributed by atoms with E-state index in [1.165, 1.54) is 12.3 Å². The van der Waals surface area contributed by atoms with Crippen molar-refractivity contribution in [1.82, 2.24) is 19.8 Å². The number of carbonyl (C=O) groups excluding carboxylic acids is 1. The average molecular weight is 568 g/mol. The molecule has 1 aromatic carbocycles. The number of nitrogens with zero attached hydrogens (tertiary/aromatic N) is 5. The molecule has 1 saturated heterocycles. The third-order valence-electron chi connectivity index (χ3n) is 8.74. The van der Waals surface area contributed by atoms with Gasteiger partial charge in [-0.25, -0.2) is 14.8 Å². The normalized spacial score (nSPS) is 22.9. The van der Waals surface area contributed by atoms with E-state index < -0.39 is 29.8 Å². The second-order valence-electron chi connectivity index (χ2n) is 11.3. The lowest BCUT2D eigenvalue weighted by Gasteiger charge is -2.39. The van der Waals surface area contributed by atoms with Gasteiger partial charge < -0.3 is 19.8 Å². The molecule has 2 fully saturated rings. The maximum atomic E-state index is 14.1. The molecule has 2 atom stereocenters. The van der Waals surface area contributed by atoms with Gasteiger partial charge >= 0.3 is 12.1 Å². The molecule has 4 aliphatic rings. The molecule has 3 heterocycles. The van der Waals surface area contributed by atoms with Crippen molar-refractivity contribution in [2.45, 2.75) is 68.7 Å². The summed E-state index contributed by atoms with van der Waals surface area (Å²) in [6.07, 6.45) is 5.47. The first kappa shape index (κ1) is 27.3. The molecule has 41 heavy (non-hydrogen) atoms. The number of amides is 1. The molecule has 1 N–H and O–H groups in total. The van der Waals surface area contributed by atoms with Crippen LogP contribution < -0.4 is 4.90 Å². The zero-order valence-electron chi connectivity index (χ0n) is 22.7. The molecular formula is C30H32F3N5O3. The van der Waals surface area contributed by atoms with Gasteiger partial charge in [-0.3, -0.25) is 4.79 Å². The third-order valence-corrected chi connectivity index (χ3v) is 8.74. The second-order valence-corrected chi connectivity index (χ2v) is 11.3. The van der Waals surface area contributed by atoms with Crippen molar-refractivity contribution >= 4 is 17.7 Å². The zero-order chi connectivity index (χ0) is 28.9. The summed E-state index contributed by atoms with van der Waals surface area (Å²) in [5, 5.41) is 9.46. The number of carboxylic acids is 1. The van der Waals surface area contributed by atoms with Gasteiger partial charge in [0.15, 0.2) is 6.04 Å². The van der Waals surface area contributed by atoms with Crippen LogP contribution in [0.15, 0.2) is 54.4 Å². The summed E-state index contributed by atoms with van der Waals surface area (Å²) in [5.74, 6) is 0.527. The van der Waals surface area contributed by atoms with Crippen molar-refractivity contribution < 1.29 is 27.9 Å². The van der Waals surface area contributed by atoms with Crippen LogP contribution in [0.3, 0.4) is 0 Å². The van der Waals surface area contributed by atoms with Crippen LogP contribution >= 0.6 is 0 Å². The van der Waals surface area contributed by atoms with Crippen molar-refractivity contribution in [2.24, 2.45) is 0 Å². The summed E-state index contributed by atoms with van der Waals surface area (Å²) in [7, 11) is 1.78. The first-order valence-corrected chi connectivity index (χ1v) is 14.1. The number of carbonyl (C=O) groups is 2. The number of rotatable bonds is 6. The van der Waals surface area contributed by atoms with E-state index in [1.807, 2.05) is 18.3 Å². The Balaban J connectivity index is 1.16. The molecule has 1 saturated carbocycles. The molecule has 11 heteroatoms. The number of aromatic nitrogens is 2. The Labute approximate surface area is 236 Å². The lowest BCUT2D eigenvalue weighted by Crippen LogP contribution is -2.48. The first-order chi connectivity index (χ1) is 19.6. The lowest BCUT2D eigenvalue weighted by atomic mass is 9.96. The van der Waals surface area contributed by atoms with Crippen LogP contribution in [-0.4, -0.2) is 75.1 Å². The minimum Gasteiger partial charge on any atom is -0.478 e. The van der Waals surface area contributed by atoms with Gasteiger partial charge in [-0.15, -0.1) is 0 Å². The van der Waals surface area contributed by atoms with Gasteiger partial charge in [0.05, 0.1) is 11.6 Å². The highest BCUT2D eigenvalue weighted by molar-refractivity contribution is 5.94. The number of benzene rings is 1. The predicted octanol–water partition coefficient (Wildman–Crippen LogP) is 4.85. The number of fused-ring (bicyclic) bond motifs is 1. The minimum atomic E-state index is -4.77. The van der Waals surface area contributed by atoms with E-state index in [9.17, 15) is 27.9 Å². The highest BCUT2D eigenvalue weighted by atomic mass is 19.4. The maximum Gasteiger partial charge on any atom is 0.413 e. The Kier molecular flexibility index (Phi) is 6.99. The van der Waals surface area contributed by atoms with Gasteiger partial charge in [-0.2, -0.15) is 13.2 Å². The smallest absolute Gasteiger partial charge is 0.413 e. The summed E-state index contributed by atoms with van der Waals surface area (Å²) in [4.78, 5) is 39.4. The molecule has 1 aromatic heterocycles. The molecule has 8 nitrogen and oxygen atoms in total. The van der Waals surface area contributed by atoms with E-state index in [-0.39, 0.29) is 11.9 Å². The highest BCUT2D eigenvalue weighted by Crippen LogP contribution is 2.44. The van der Waals surface area contributed by atoms with E-state index in [1.54, 1.807) is 24.1 Å². The van der Waals surface area contributed by atoms with Crippen LogP contribution in [0.2, 0.25) is 0 Å². The van der Waals surface area contributed by atoms with Crippen LogP contribution in [0.5, 0.6) is 0 Å². The molecule has 0 spiro atoms. The fourth-order valence-corrected chi connectivity index (χ4v) is 6.35. The molecule has 2 aromatic rings. The Bertz CT molecular complexity index is 1410. The predicted molar refractivity (Wildman–Crippen MR) is 145 cm³/mol. The molecule has 2 aliphatic heterocycles. The Morgan fingerprint density at radius 3 is 2.51 bits per heavy atom. The Hall–Kier alpha value is -3.89. The van der Waals surface area contributed by atoms with E-state index in [4.69, 9.17) is 4.98 Å². The zero-order valence-corrected chi connectivity index (χ0v) is 22.7. The van der Waals surface area contributed by atoms with E-state index >= 15 is 0 Å². The summed E-state index contributed by atoms with van der Waals surface area (Å²) < 4.78 is 42.3. The standard InChI is InChI=1S/C30H32F3N5O3/c1-36(21-11-15-37(16-12-21)25-10-13-34-27(35-25)19-5-6-19)28(39)20-7-4-18-8-9-24(23(18)17-20)38-14-2-3-22(29(40)41)26(38)30(31,32)33/h2-4,7,10,13-14,17,19,21,24,26H,5-6,8-9,11-12,15-16H2,1H3,(H,40,41). The molecular weight excluding hydrogens is 535 g/mol. The number of allylic oxidation sites excluding steroid dienone is 2. The maximum absolute atomic E-state index is 14.1. The quantitative estimate of drug-likeness (QED) is 0.534. The molecule has 0 radical (unpaired) electrons. The SMILES string of the molecule is CN(C(=O)c1ccc2c(c1)C(N1C=CC=C(C(=O)O)C1C(F)(F)F)CC2)C1CCN(c2ccnc(C3CC3)n2)CC1. The number of hydrogen-bond donors (Lipinski definition) is 1. The van der Waals surface area contributed by atoms with Gasteiger partial charge in [0.25, 0.3) is 5.91 Å². The third kappa shape index (κ3) is 5.29. The number of alkyl halides is 3. The lowest BCUT2D eigenvalue weighted by molar-refractivity contribution is -0.176. The van der Waals surface area contributed by atoms with Crippen LogP contribution in [0.1, 0.15) is 71.4 Å². The van der Waals surface area contributed by atoms with E-state index in [2.05, 4.69) is 9.88 Å². The van der Waals surface area contributed by atoms with E-state index in [0.29, 0.717) is 29.9 Å². The highest BCUT2D eigenvalue weighted by Gasteiger charge is 2.50. The fraction of sp³-hybridized carbons (Fsp3) is 0.467. The summed E-state index contributed by atoms with van der Waals surface area (Å²) in [5.41, 5.74) is 1.22.